The second-order valence-electron chi connectivity index (χ2n) is 6.87. The molecular weight excluding hydrogens is 330 g/mol. The first kappa shape index (κ1) is 17.5. The van der Waals surface area contributed by atoms with Crippen LogP contribution in [0.1, 0.15) is 22.7 Å². The van der Waals surface area contributed by atoms with E-state index in [1.165, 1.54) is 11.1 Å². The molecular formula is C24H25N3. The highest BCUT2D eigenvalue weighted by Crippen LogP contribution is 2.29. The van der Waals surface area contributed by atoms with Crippen molar-refractivity contribution in [3.8, 4) is 0 Å². The van der Waals surface area contributed by atoms with Crippen LogP contribution in [-0.4, -0.2) is 42.3 Å². The van der Waals surface area contributed by atoms with Crippen molar-refractivity contribution in [2.75, 3.05) is 26.2 Å². The first-order chi connectivity index (χ1) is 13.4. The predicted octanol–water partition coefficient (Wildman–Crippen LogP) is 4.43. The van der Waals surface area contributed by atoms with Crippen LogP contribution >= 0.6 is 0 Å². The molecule has 3 aromatic rings. The van der Waals surface area contributed by atoms with E-state index in [0.717, 1.165) is 31.7 Å². The van der Waals surface area contributed by atoms with E-state index in [2.05, 4.69) is 87.8 Å². The molecule has 4 rings (SSSR count). The van der Waals surface area contributed by atoms with Gasteiger partial charge < -0.3 is 0 Å². The summed E-state index contributed by atoms with van der Waals surface area (Å²) in [6.45, 7) is 3.89. The van der Waals surface area contributed by atoms with Crippen LogP contribution in [0.5, 0.6) is 0 Å². The van der Waals surface area contributed by atoms with Gasteiger partial charge in [-0.05, 0) is 16.7 Å². The van der Waals surface area contributed by atoms with Crippen molar-refractivity contribution in [2.45, 2.75) is 6.04 Å². The minimum atomic E-state index is 0.299. The fourth-order valence-electron chi connectivity index (χ4n) is 3.66. The topological polar surface area (TPSA) is 18.8 Å². The van der Waals surface area contributed by atoms with Crippen LogP contribution < -0.4 is 0 Å². The number of piperazine rings is 1. The molecule has 3 heteroatoms. The Balaban J connectivity index is 1.47. The molecule has 136 valence electrons. The van der Waals surface area contributed by atoms with Crippen molar-refractivity contribution in [3.05, 3.63) is 108 Å². The smallest absolute Gasteiger partial charge is 0.0603 e. The van der Waals surface area contributed by atoms with Crippen LogP contribution in [-0.2, 0) is 0 Å². The molecule has 1 saturated heterocycles. The summed E-state index contributed by atoms with van der Waals surface area (Å²) in [6.07, 6.45) is 1.96. The molecule has 27 heavy (non-hydrogen) atoms. The van der Waals surface area contributed by atoms with E-state index in [-0.39, 0.29) is 0 Å². The molecule has 1 fully saturated rings. The van der Waals surface area contributed by atoms with Gasteiger partial charge >= 0.3 is 0 Å². The van der Waals surface area contributed by atoms with Crippen molar-refractivity contribution in [2.24, 2.45) is 5.10 Å². The van der Waals surface area contributed by atoms with E-state index in [1.54, 1.807) is 0 Å². The van der Waals surface area contributed by atoms with E-state index in [9.17, 15) is 0 Å². The van der Waals surface area contributed by atoms with Crippen LogP contribution in [0, 0.1) is 0 Å². The van der Waals surface area contributed by atoms with E-state index in [1.807, 2.05) is 24.4 Å². The van der Waals surface area contributed by atoms with Gasteiger partial charge in [0.25, 0.3) is 0 Å². The molecule has 0 amide bonds. The Hall–Kier alpha value is -2.91. The minimum absolute atomic E-state index is 0.299. The van der Waals surface area contributed by atoms with Gasteiger partial charge in [0.2, 0.25) is 0 Å². The van der Waals surface area contributed by atoms with Crippen LogP contribution in [0.2, 0.25) is 0 Å². The summed E-state index contributed by atoms with van der Waals surface area (Å²) in [5, 5.41) is 6.85. The third kappa shape index (κ3) is 4.44. The molecule has 0 atom stereocenters. The predicted molar refractivity (Wildman–Crippen MR) is 112 cm³/mol. The first-order valence-corrected chi connectivity index (χ1v) is 9.58. The second kappa shape index (κ2) is 8.65. The highest BCUT2D eigenvalue weighted by molar-refractivity contribution is 5.79. The van der Waals surface area contributed by atoms with Crippen LogP contribution in [0.25, 0.3) is 0 Å². The zero-order valence-electron chi connectivity index (χ0n) is 15.5. The lowest BCUT2D eigenvalue weighted by atomic mass is 9.96. The molecule has 1 heterocycles. The average Bonchev–Trinajstić information content (AvgIpc) is 2.76. The van der Waals surface area contributed by atoms with E-state index in [4.69, 9.17) is 0 Å². The summed E-state index contributed by atoms with van der Waals surface area (Å²) in [5.41, 5.74) is 3.85. The maximum absolute atomic E-state index is 4.67. The Bertz CT molecular complexity index is 799. The summed E-state index contributed by atoms with van der Waals surface area (Å²) in [4.78, 5) is 2.57. The van der Waals surface area contributed by atoms with Gasteiger partial charge in [-0.3, -0.25) is 9.91 Å². The van der Waals surface area contributed by atoms with Crippen molar-refractivity contribution < 1.29 is 0 Å². The van der Waals surface area contributed by atoms with Gasteiger partial charge in [0.15, 0.2) is 0 Å². The Labute approximate surface area is 161 Å². The molecule has 1 aliphatic rings. The number of hydrogen-bond acceptors (Lipinski definition) is 3. The zero-order valence-corrected chi connectivity index (χ0v) is 15.5. The maximum atomic E-state index is 4.67. The largest absolute Gasteiger partial charge is 0.294 e. The Kier molecular flexibility index (Phi) is 5.61. The van der Waals surface area contributed by atoms with Gasteiger partial charge in [-0.2, -0.15) is 5.10 Å². The van der Waals surface area contributed by atoms with E-state index in [0.29, 0.717) is 6.04 Å². The number of nitrogens with zero attached hydrogens (tertiary/aromatic N) is 3. The molecule has 0 saturated carbocycles. The summed E-state index contributed by atoms with van der Waals surface area (Å²) in [7, 11) is 0. The maximum Gasteiger partial charge on any atom is 0.0603 e. The Morgan fingerprint density at radius 3 is 1.63 bits per heavy atom. The van der Waals surface area contributed by atoms with E-state index >= 15 is 0 Å². The standard InChI is InChI=1S/C24H25N3/c1-4-10-21(11-5-1)20-25-27-18-16-26(17-19-27)24(22-12-6-2-7-13-22)23-14-8-3-9-15-23/h1-15,20,24H,16-19H2/b25-20-. The quantitative estimate of drug-likeness (QED) is 0.631. The third-order valence-electron chi connectivity index (χ3n) is 5.06. The van der Waals surface area contributed by atoms with Gasteiger partial charge in [0.05, 0.1) is 12.3 Å². The summed E-state index contributed by atoms with van der Waals surface area (Å²) < 4.78 is 0. The molecule has 0 spiro atoms. The molecule has 0 unspecified atom stereocenters. The van der Waals surface area contributed by atoms with Gasteiger partial charge in [-0.1, -0.05) is 91.0 Å². The monoisotopic (exact) mass is 355 g/mol. The van der Waals surface area contributed by atoms with Crippen LogP contribution in [0.3, 0.4) is 0 Å². The lowest BCUT2D eigenvalue weighted by Crippen LogP contribution is -2.45. The molecule has 0 N–H and O–H groups in total. The van der Waals surface area contributed by atoms with Crippen molar-refractivity contribution in [1.29, 1.82) is 0 Å². The fourth-order valence-corrected chi connectivity index (χ4v) is 3.66. The molecule has 3 nitrogen and oxygen atoms in total. The van der Waals surface area contributed by atoms with Crippen molar-refractivity contribution in [1.82, 2.24) is 9.91 Å². The molecule has 3 aromatic carbocycles. The van der Waals surface area contributed by atoms with Gasteiger partial charge in [0.1, 0.15) is 0 Å². The Morgan fingerprint density at radius 1 is 0.630 bits per heavy atom. The van der Waals surface area contributed by atoms with Crippen molar-refractivity contribution >= 4 is 6.21 Å². The SMILES string of the molecule is C(=N/N1CCN(C(c2ccccc2)c2ccccc2)CC1)/c1ccccc1. The lowest BCUT2D eigenvalue weighted by molar-refractivity contribution is 0.113. The molecule has 0 aromatic heterocycles. The highest BCUT2D eigenvalue weighted by atomic mass is 15.5. The average molecular weight is 355 g/mol. The molecule has 0 radical (unpaired) electrons. The minimum Gasteiger partial charge on any atom is -0.294 e. The molecule has 0 bridgehead atoms. The third-order valence-corrected chi connectivity index (χ3v) is 5.06. The van der Waals surface area contributed by atoms with Gasteiger partial charge in [0, 0.05) is 26.2 Å². The molecule has 0 aliphatic carbocycles. The van der Waals surface area contributed by atoms with Gasteiger partial charge in [-0.15, -0.1) is 0 Å². The summed E-state index contributed by atoms with van der Waals surface area (Å²) in [5.74, 6) is 0. The summed E-state index contributed by atoms with van der Waals surface area (Å²) >= 11 is 0. The zero-order chi connectivity index (χ0) is 18.3. The van der Waals surface area contributed by atoms with Crippen LogP contribution in [0.15, 0.2) is 96.1 Å². The fraction of sp³-hybridized carbons (Fsp3) is 0.208. The van der Waals surface area contributed by atoms with Crippen molar-refractivity contribution in [3.63, 3.8) is 0 Å². The van der Waals surface area contributed by atoms with Gasteiger partial charge in [-0.25, -0.2) is 0 Å². The first-order valence-electron chi connectivity index (χ1n) is 9.58. The van der Waals surface area contributed by atoms with Crippen LogP contribution in [0.4, 0.5) is 0 Å². The highest BCUT2D eigenvalue weighted by Gasteiger charge is 2.25. The normalized spacial score (nSPS) is 15.5. The molecule has 1 aliphatic heterocycles. The lowest BCUT2D eigenvalue weighted by Gasteiger charge is -2.38. The Morgan fingerprint density at radius 2 is 1.11 bits per heavy atom. The number of hydrogen-bond donors (Lipinski definition) is 0. The number of benzene rings is 3. The second-order valence-corrected chi connectivity index (χ2v) is 6.87. The van der Waals surface area contributed by atoms with E-state index < -0.39 is 0 Å². The number of hydrazone groups is 1. The summed E-state index contributed by atoms with van der Waals surface area (Å²) in [6, 6.07) is 32.2. The number of rotatable bonds is 5.